The van der Waals surface area contributed by atoms with Gasteiger partial charge in [-0.3, -0.25) is 4.79 Å². The molecule has 0 aliphatic heterocycles. The lowest BCUT2D eigenvalue weighted by Gasteiger charge is -2.13. The van der Waals surface area contributed by atoms with Gasteiger partial charge in [0.1, 0.15) is 4.88 Å². The maximum atomic E-state index is 12.4. The van der Waals surface area contributed by atoms with Crippen molar-refractivity contribution in [2.45, 2.75) is 38.0 Å². The fraction of sp³-hybridized carbons (Fsp3) is 0.312. The molecule has 0 radical (unpaired) electrons. The Morgan fingerprint density at radius 3 is 2.54 bits per heavy atom. The Kier molecular flexibility index (Phi) is 4.78. The van der Waals surface area contributed by atoms with Crippen LogP contribution in [0.4, 0.5) is 0 Å². The van der Waals surface area contributed by atoms with Crippen LogP contribution in [0.5, 0.6) is 0 Å². The minimum absolute atomic E-state index is 0.131. The molecule has 0 aliphatic rings. The number of rotatable bonds is 3. The van der Waals surface area contributed by atoms with Crippen molar-refractivity contribution in [3.05, 3.63) is 45.4 Å². The zero-order valence-corrected chi connectivity index (χ0v) is 15.4. The first-order chi connectivity index (χ1) is 11.0. The van der Waals surface area contributed by atoms with Crippen molar-refractivity contribution in [1.82, 2.24) is 9.71 Å². The molecule has 2 aromatic rings. The van der Waals surface area contributed by atoms with Gasteiger partial charge in [0.05, 0.1) is 27.2 Å². The third-order valence-electron chi connectivity index (χ3n) is 3.14. The van der Waals surface area contributed by atoms with Gasteiger partial charge in [-0.2, -0.15) is 5.26 Å². The first-order valence-corrected chi connectivity index (χ1v) is 9.40. The summed E-state index contributed by atoms with van der Waals surface area (Å²) in [6.45, 7) is 7.58. The van der Waals surface area contributed by atoms with Crippen molar-refractivity contribution in [1.29, 1.82) is 5.26 Å². The maximum Gasteiger partial charge on any atom is 0.276 e. The topological polar surface area (TPSA) is 99.9 Å². The highest BCUT2D eigenvalue weighted by atomic mass is 32.2. The van der Waals surface area contributed by atoms with Crippen LogP contribution in [0.25, 0.3) is 0 Å². The van der Waals surface area contributed by atoms with Crippen molar-refractivity contribution in [3.63, 3.8) is 0 Å². The summed E-state index contributed by atoms with van der Waals surface area (Å²) in [5.74, 6) is -0.720. The van der Waals surface area contributed by atoms with Crippen molar-refractivity contribution in [2.24, 2.45) is 0 Å². The number of aromatic nitrogens is 1. The Morgan fingerprint density at radius 2 is 2.00 bits per heavy atom. The molecule has 1 aromatic heterocycles. The molecule has 0 fully saturated rings. The molecular weight excluding hydrogens is 346 g/mol. The predicted molar refractivity (Wildman–Crippen MR) is 91.4 cm³/mol. The molecule has 2 rings (SSSR count). The Labute approximate surface area is 145 Å². The summed E-state index contributed by atoms with van der Waals surface area (Å²) in [6, 6.07) is 7.36. The number of nitriles is 1. The smallest absolute Gasteiger partial charge is 0.267 e. The van der Waals surface area contributed by atoms with Gasteiger partial charge >= 0.3 is 0 Å². The lowest BCUT2D eigenvalue weighted by Crippen LogP contribution is -2.30. The molecule has 0 spiro atoms. The standard InChI is InChI=1S/C16H17N3O3S2/c1-10-13(23-15(18-10)16(2,3)4)14(20)19-24(21,22)12-7-5-6-11(8-12)9-17/h5-8H,1-4H3,(H,19,20). The van der Waals surface area contributed by atoms with Gasteiger partial charge in [0, 0.05) is 5.41 Å². The zero-order chi connectivity index (χ0) is 18.1. The fourth-order valence-corrected chi connectivity index (χ4v) is 3.98. The van der Waals surface area contributed by atoms with Crippen molar-refractivity contribution in [2.75, 3.05) is 0 Å². The number of carbonyl (C=O) groups excluding carboxylic acids is 1. The number of hydrogen-bond acceptors (Lipinski definition) is 6. The Morgan fingerprint density at radius 1 is 1.33 bits per heavy atom. The van der Waals surface area contributed by atoms with Crippen LogP contribution in [0.3, 0.4) is 0 Å². The van der Waals surface area contributed by atoms with Crippen molar-refractivity contribution >= 4 is 27.3 Å². The third-order valence-corrected chi connectivity index (χ3v) is 6.06. The SMILES string of the molecule is Cc1nc(C(C)(C)C)sc1C(=O)NS(=O)(=O)c1cccc(C#N)c1. The first-order valence-electron chi connectivity index (χ1n) is 7.10. The number of sulfonamides is 1. The van der Waals surface area contributed by atoms with E-state index in [2.05, 4.69) is 4.98 Å². The van der Waals surface area contributed by atoms with E-state index in [0.717, 1.165) is 5.01 Å². The van der Waals surface area contributed by atoms with Crippen LogP contribution in [0.2, 0.25) is 0 Å². The molecule has 6 nitrogen and oxygen atoms in total. The quantitative estimate of drug-likeness (QED) is 0.904. The predicted octanol–water partition coefficient (Wildman–Crippen LogP) is 2.74. The first kappa shape index (κ1) is 18.1. The lowest BCUT2D eigenvalue weighted by molar-refractivity contribution is 0.0984. The van der Waals surface area contributed by atoms with Crippen LogP contribution >= 0.6 is 11.3 Å². The summed E-state index contributed by atoms with van der Waals surface area (Å²) in [5, 5.41) is 9.62. The molecule has 0 saturated heterocycles. The van der Waals surface area contributed by atoms with E-state index >= 15 is 0 Å². The molecule has 0 bridgehead atoms. The molecule has 1 heterocycles. The Bertz CT molecular complexity index is 932. The van der Waals surface area contributed by atoms with E-state index in [0.29, 0.717) is 5.69 Å². The maximum absolute atomic E-state index is 12.4. The molecule has 0 aliphatic carbocycles. The molecule has 1 aromatic carbocycles. The third kappa shape index (κ3) is 3.80. The summed E-state index contributed by atoms with van der Waals surface area (Å²) in [6.07, 6.45) is 0. The number of aryl methyl sites for hydroxylation is 1. The van der Waals surface area contributed by atoms with E-state index in [1.165, 1.54) is 35.6 Å². The monoisotopic (exact) mass is 363 g/mol. The number of nitrogens with one attached hydrogen (secondary N) is 1. The zero-order valence-electron chi connectivity index (χ0n) is 13.7. The van der Waals surface area contributed by atoms with Crippen molar-refractivity contribution < 1.29 is 13.2 Å². The Balaban J connectivity index is 2.32. The van der Waals surface area contributed by atoms with Crippen LogP contribution in [0, 0.1) is 18.3 Å². The average Bonchev–Trinajstić information content (AvgIpc) is 2.89. The number of hydrogen-bond donors (Lipinski definition) is 1. The van der Waals surface area contributed by atoms with E-state index in [-0.39, 0.29) is 20.8 Å². The number of thiazole rings is 1. The second-order valence-corrected chi connectivity index (χ2v) is 8.94. The van der Waals surface area contributed by atoms with E-state index in [1.807, 2.05) is 31.6 Å². The van der Waals surface area contributed by atoms with Gasteiger partial charge in [-0.1, -0.05) is 26.8 Å². The van der Waals surface area contributed by atoms with Crippen LogP contribution in [-0.2, 0) is 15.4 Å². The van der Waals surface area contributed by atoms with E-state index in [4.69, 9.17) is 5.26 Å². The highest BCUT2D eigenvalue weighted by Gasteiger charge is 2.26. The number of benzene rings is 1. The number of carbonyl (C=O) groups is 1. The highest BCUT2D eigenvalue weighted by Crippen LogP contribution is 2.29. The van der Waals surface area contributed by atoms with Gasteiger partial charge in [-0.25, -0.2) is 18.1 Å². The van der Waals surface area contributed by atoms with Gasteiger partial charge in [0.2, 0.25) is 0 Å². The van der Waals surface area contributed by atoms with E-state index < -0.39 is 15.9 Å². The number of amides is 1. The molecule has 0 unspecified atom stereocenters. The normalized spacial score (nSPS) is 11.8. The Hall–Kier alpha value is -2.24. The molecule has 24 heavy (non-hydrogen) atoms. The van der Waals surface area contributed by atoms with Crippen LogP contribution < -0.4 is 4.72 Å². The molecule has 1 N–H and O–H groups in total. The van der Waals surface area contributed by atoms with E-state index in [9.17, 15) is 13.2 Å². The average molecular weight is 363 g/mol. The minimum Gasteiger partial charge on any atom is -0.267 e. The van der Waals surface area contributed by atoms with Crippen molar-refractivity contribution in [3.8, 4) is 6.07 Å². The van der Waals surface area contributed by atoms with Gasteiger partial charge in [-0.15, -0.1) is 11.3 Å². The molecule has 8 heteroatoms. The second kappa shape index (κ2) is 6.34. The van der Waals surface area contributed by atoms with Crippen LogP contribution in [-0.4, -0.2) is 19.3 Å². The fourth-order valence-electron chi connectivity index (χ4n) is 1.89. The number of nitrogens with zero attached hydrogens (tertiary/aromatic N) is 2. The molecule has 1 amide bonds. The summed E-state index contributed by atoms with van der Waals surface area (Å²) < 4.78 is 26.7. The molecular formula is C16H17N3O3S2. The van der Waals surface area contributed by atoms with Gasteiger partial charge in [0.25, 0.3) is 15.9 Å². The highest BCUT2D eigenvalue weighted by molar-refractivity contribution is 7.90. The molecule has 0 saturated carbocycles. The second-order valence-electron chi connectivity index (χ2n) is 6.26. The van der Waals surface area contributed by atoms with Gasteiger partial charge in [-0.05, 0) is 25.1 Å². The van der Waals surface area contributed by atoms with Gasteiger partial charge in [0.15, 0.2) is 0 Å². The van der Waals surface area contributed by atoms with Crippen LogP contribution in [0.1, 0.15) is 46.7 Å². The molecule has 126 valence electrons. The molecule has 0 atom stereocenters. The summed E-state index contributed by atoms with van der Waals surface area (Å²) >= 11 is 1.18. The summed E-state index contributed by atoms with van der Waals surface area (Å²) in [4.78, 5) is 16.8. The minimum atomic E-state index is -4.05. The van der Waals surface area contributed by atoms with Gasteiger partial charge < -0.3 is 0 Å². The largest absolute Gasteiger partial charge is 0.276 e. The van der Waals surface area contributed by atoms with E-state index in [1.54, 1.807) is 6.92 Å². The summed E-state index contributed by atoms with van der Waals surface area (Å²) in [7, 11) is -4.05. The van der Waals surface area contributed by atoms with Crippen LogP contribution in [0.15, 0.2) is 29.2 Å². The lowest BCUT2D eigenvalue weighted by atomic mass is 9.98. The summed E-state index contributed by atoms with van der Waals surface area (Å²) in [5.41, 5.74) is 0.464.